The minimum absolute atomic E-state index is 0.0817. The van der Waals surface area contributed by atoms with E-state index < -0.39 is 5.97 Å². The number of H-pyrrole nitrogens is 1. The van der Waals surface area contributed by atoms with Gasteiger partial charge in [-0.15, -0.1) is 10.2 Å². The fourth-order valence-electron chi connectivity index (χ4n) is 1.35. The Morgan fingerprint density at radius 2 is 2.27 bits per heavy atom. The van der Waals surface area contributed by atoms with E-state index in [1.807, 2.05) is 0 Å². The van der Waals surface area contributed by atoms with Gasteiger partial charge in [0, 0.05) is 6.42 Å². The summed E-state index contributed by atoms with van der Waals surface area (Å²) in [7, 11) is 0. The zero-order valence-electron chi connectivity index (χ0n) is 7.77. The molecule has 2 heterocycles. The van der Waals surface area contributed by atoms with Crippen LogP contribution in [0.15, 0.2) is 0 Å². The van der Waals surface area contributed by atoms with Crippen molar-refractivity contribution in [2.75, 3.05) is 12.3 Å². The number of aromatic carboxylic acids is 1. The lowest BCUT2D eigenvalue weighted by atomic mass is 10.4. The van der Waals surface area contributed by atoms with E-state index in [9.17, 15) is 4.79 Å². The first kappa shape index (κ1) is 9.46. The number of aromatic nitrogens is 4. The molecule has 2 aromatic rings. The largest absolute Gasteiger partial charge is 0.476 e. The van der Waals surface area contributed by atoms with Crippen LogP contribution in [0.4, 0.5) is 5.69 Å². The Balaban J connectivity index is 2.61. The second kappa shape index (κ2) is 3.24. The number of fused-ring (bicyclic) bond motifs is 1. The van der Waals surface area contributed by atoms with Crippen LogP contribution in [0.25, 0.3) is 5.65 Å². The third kappa shape index (κ3) is 1.31. The van der Waals surface area contributed by atoms with Gasteiger partial charge in [0.1, 0.15) is 5.69 Å². The average Bonchev–Trinajstić information content (AvgIpc) is 2.69. The van der Waals surface area contributed by atoms with Crippen LogP contribution >= 0.6 is 0 Å². The monoisotopic (exact) mass is 210 g/mol. The maximum atomic E-state index is 10.8. The van der Waals surface area contributed by atoms with Crippen molar-refractivity contribution in [3.05, 3.63) is 11.5 Å². The molecule has 6 N–H and O–H groups in total. The minimum atomic E-state index is -1.13. The van der Waals surface area contributed by atoms with Crippen molar-refractivity contribution < 1.29 is 9.90 Å². The van der Waals surface area contributed by atoms with Gasteiger partial charge >= 0.3 is 5.97 Å². The summed E-state index contributed by atoms with van der Waals surface area (Å²) in [6.45, 7) is 0.405. The summed E-state index contributed by atoms with van der Waals surface area (Å²) in [6.07, 6.45) is 0.500. The van der Waals surface area contributed by atoms with Gasteiger partial charge in [0.2, 0.25) is 5.65 Å². The summed E-state index contributed by atoms with van der Waals surface area (Å²) in [5, 5.41) is 19.0. The number of nitrogens with zero attached hydrogens (tertiary/aromatic N) is 3. The van der Waals surface area contributed by atoms with Crippen LogP contribution in [0.2, 0.25) is 0 Å². The summed E-state index contributed by atoms with van der Waals surface area (Å²) in [6, 6.07) is 0. The Bertz CT molecular complexity index is 513. The summed E-state index contributed by atoms with van der Waals surface area (Å²) in [5.74, 6) is -0.566. The molecule has 0 radical (unpaired) electrons. The van der Waals surface area contributed by atoms with Crippen molar-refractivity contribution in [1.29, 1.82) is 0 Å². The summed E-state index contributed by atoms with van der Waals surface area (Å²) >= 11 is 0. The normalized spacial score (nSPS) is 11.0. The molecule has 0 aliphatic rings. The molecule has 0 atom stereocenters. The molecule has 0 spiro atoms. The van der Waals surface area contributed by atoms with E-state index in [1.54, 1.807) is 0 Å². The Kier molecular flexibility index (Phi) is 2.05. The van der Waals surface area contributed by atoms with Gasteiger partial charge in [0.05, 0.1) is 0 Å². The molecule has 0 unspecified atom stereocenters. The van der Waals surface area contributed by atoms with Crippen LogP contribution in [0.5, 0.6) is 0 Å². The Hall–Kier alpha value is -2.09. The van der Waals surface area contributed by atoms with E-state index in [0.717, 1.165) is 0 Å². The van der Waals surface area contributed by atoms with Crippen LogP contribution in [0.1, 0.15) is 16.3 Å². The number of nitrogens with one attached hydrogen (secondary N) is 1. The number of aromatic amines is 1. The average molecular weight is 210 g/mol. The smallest absolute Gasteiger partial charge is 0.356 e. The molecule has 8 nitrogen and oxygen atoms in total. The lowest BCUT2D eigenvalue weighted by Gasteiger charge is -1.92. The number of nitrogen functional groups attached to an aromatic ring is 1. The molecule has 2 aromatic heterocycles. The van der Waals surface area contributed by atoms with Crippen LogP contribution in [0.3, 0.4) is 0 Å². The molecule has 2 rings (SSSR count). The van der Waals surface area contributed by atoms with Gasteiger partial charge in [0.25, 0.3) is 0 Å². The number of anilines is 1. The van der Waals surface area contributed by atoms with Gasteiger partial charge in [-0.1, -0.05) is 0 Å². The first-order valence-corrected chi connectivity index (χ1v) is 4.30. The number of hydrogen-bond donors (Lipinski definition) is 4. The number of carboxylic acids is 1. The lowest BCUT2D eigenvalue weighted by molar-refractivity contribution is 0.0691. The van der Waals surface area contributed by atoms with E-state index in [-0.39, 0.29) is 11.4 Å². The van der Waals surface area contributed by atoms with Crippen molar-refractivity contribution in [3.8, 4) is 0 Å². The van der Waals surface area contributed by atoms with Gasteiger partial charge in [-0.25, -0.2) is 9.31 Å². The molecular weight excluding hydrogens is 200 g/mol. The van der Waals surface area contributed by atoms with Crippen LogP contribution in [0, 0.1) is 0 Å². The standard InChI is InChI=1S/C7H10N6O2/c8-2-1-3-10-11-6-4(9)5(7(14)15)12-13(3)6/h12H,1-2,8-9H2,(H,14,15). The zero-order valence-corrected chi connectivity index (χ0v) is 7.77. The third-order valence-electron chi connectivity index (χ3n) is 2.05. The minimum Gasteiger partial charge on any atom is -0.476 e. The molecule has 0 fully saturated rings. The maximum absolute atomic E-state index is 10.8. The second-order valence-corrected chi connectivity index (χ2v) is 3.02. The van der Waals surface area contributed by atoms with Crippen LogP contribution in [-0.4, -0.2) is 37.4 Å². The second-order valence-electron chi connectivity index (χ2n) is 3.02. The SMILES string of the molecule is NCCc1nnc2c(N)c(C(=O)O)[nH]n12. The molecular formula is C7H10N6O2. The predicted octanol–water partition coefficient (Wildman–Crippen LogP) is -1.16. The van der Waals surface area contributed by atoms with E-state index in [4.69, 9.17) is 16.6 Å². The number of rotatable bonds is 3. The Morgan fingerprint density at radius 1 is 1.53 bits per heavy atom. The predicted molar refractivity (Wildman–Crippen MR) is 51.5 cm³/mol. The highest BCUT2D eigenvalue weighted by Gasteiger charge is 2.18. The highest BCUT2D eigenvalue weighted by atomic mass is 16.4. The Morgan fingerprint density at radius 3 is 2.87 bits per heavy atom. The van der Waals surface area contributed by atoms with Crippen molar-refractivity contribution in [2.45, 2.75) is 6.42 Å². The number of nitrogens with two attached hydrogens (primary N) is 2. The van der Waals surface area contributed by atoms with E-state index >= 15 is 0 Å². The molecule has 0 aliphatic carbocycles. The van der Waals surface area contributed by atoms with Crippen LogP contribution < -0.4 is 11.5 Å². The maximum Gasteiger partial charge on any atom is 0.356 e. The van der Waals surface area contributed by atoms with Crippen molar-refractivity contribution in [1.82, 2.24) is 19.8 Å². The van der Waals surface area contributed by atoms with E-state index in [2.05, 4.69) is 15.3 Å². The van der Waals surface area contributed by atoms with Gasteiger partial charge in [-0.3, -0.25) is 5.10 Å². The van der Waals surface area contributed by atoms with Gasteiger partial charge in [0.15, 0.2) is 11.5 Å². The first-order chi connectivity index (χ1) is 7.15. The molecule has 80 valence electrons. The van der Waals surface area contributed by atoms with E-state index in [0.29, 0.717) is 24.4 Å². The topological polar surface area (TPSA) is 135 Å². The molecule has 0 saturated heterocycles. The Labute approximate surface area is 83.9 Å². The van der Waals surface area contributed by atoms with Gasteiger partial charge < -0.3 is 16.6 Å². The molecule has 0 bridgehead atoms. The van der Waals surface area contributed by atoms with E-state index in [1.165, 1.54) is 4.52 Å². The molecule has 15 heavy (non-hydrogen) atoms. The van der Waals surface area contributed by atoms with Gasteiger partial charge in [-0.05, 0) is 6.54 Å². The molecule has 0 aromatic carbocycles. The molecule has 0 aliphatic heterocycles. The number of hydrogen-bond acceptors (Lipinski definition) is 5. The van der Waals surface area contributed by atoms with Crippen molar-refractivity contribution in [3.63, 3.8) is 0 Å². The lowest BCUT2D eigenvalue weighted by Crippen LogP contribution is -2.07. The zero-order chi connectivity index (χ0) is 11.0. The number of carbonyl (C=O) groups is 1. The number of carboxylic acid groups (broad SMARTS) is 1. The first-order valence-electron chi connectivity index (χ1n) is 4.30. The highest BCUT2D eigenvalue weighted by molar-refractivity contribution is 5.95. The van der Waals surface area contributed by atoms with Crippen LogP contribution in [-0.2, 0) is 6.42 Å². The summed E-state index contributed by atoms with van der Waals surface area (Å²) in [5.41, 5.74) is 11.3. The highest BCUT2D eigenvalue weighted by Crippen LogP contribution is 2.17. The van der Waals surface area contributed by atoms with Gasteiger partial charge in [-0.2, -0.15) is 0 Å². The molecule has 8 heteroatoms. The van der Waals surface area contributed by atoms with Crippen molar-refractivity contribution >= 4 is 17.3 Å². The summed E-state index contributed by atoms with van der Waals surface area (Å²) in [4.78, 5) is 10.8. The molecule has 0 amide bonds. The quantitative estimate of drug-likeness (QED) is 0.504. The fourth-order valence-corrected chi connectivity index (χ4v) is 1.35. The molecule has 0 saturated carbocycles. The fraction of sp³-hybridized carbons (Fsp3) is 0.286. The third-order valence-corrected chi connectivity index (χ3v) is 2.05. The summed E-state index contributed by atoms with van der Waals surface area (Å²) < 4.78 is 1.44. The van der Waals surface area contributed by atoms with Crippen molar-refractivity contribution in [2.24, 2.45) is 5.73 Å².